The zero-order valence-corrected chi connectivity index (χ0v) is 13.0. The Balaban J connectivity index is 1.96. The molecule has 0 radical (unpaired) electrons. The summed E-state index contributed by atoms with van der Waals surface area (Å²) in [6.45, 7) is -0.000257. The highest BCUT2D eigenvalue weighted by Gasteiger charge is 2.22. The summed E-state index contributed by atoms with van der Waals surface area (Å²) >= 11 is 0. The third-order valence-corrected chi connectivity index (χ3v) is 3.24. The van der Waals surface area contributed by atoms with Crippen LogP contribution in [-0.2, 0) is 22.6 Å². The van der Waals surface area contributed by atoms with Crippen LogP contribution in [0.1, 0.15) is 11.1 Å². The van der Waals surface area contributed by atoms with Crippen molar-refractivity contribution in [3.63, 3.8) is 0 Å². The number of pyridine rings is 1. The van der Waals surface area contributed by atoms with Crippen LogP contribution in [0.25, 0.3) is 0 Å². The molecule has 0 saturated heterocycles. The van der Waals surface area contributed by atoms with Crippen LogP contribution in [0.5, 0.6) is 0 Å². The number of carboxylic acids is 1. The fourth-order valence-electron chi connectivity index (χ4n) is 2.03. The van der Waals surface area contributed by atoms with Gasteiger partial charge in [-0.3, -0.25) is 0 Å². The highest BCUT2D eigenvalue weighted by Crippen LogP contribution is 2.11. The minimum atomic E-state index is -1.29. The average molecular weight is 345 g/mol. The number of ether oxygens (including phenoxy) is 1. The molecule has 130 valence electrons. The van der Waals surface area contributed by atoms with Crippen LogP contribution in [0.2, 0.25) is 0 Å². The number of hydrogen-bond donors (Lipinski definition) is 2. The van der Waals surface area contributed by atoms with Gasteiger partial charge in [0.1, 0.15) is 18.8 Å². The molecule has 9 heteroatoms. The molecule has 1 atom stereocenters. The van der Waals surface area contributed by atoms with Crippen molar-refractivity contribution in [3.8, 4) is 0 Å². The molecule has 1 amide bonds. The summed E-state index contributed by atoms with van der Waals surface area (Å²) in [6, 6.07) is 10.2. The summed E-state index contributed by atoms with van der Waals surface area (Å²) in [5.74, 6) is -1.68. The number of aliphatic carboxylic acids is 1. The zero-order valence-electron chi connectivity index (χ0n) is 13.0. The maximum Gasteiger partial charge on any atom is 0.408 e. The van der Waals surface area contributed by atoms with Crippen LogP contribution < -0.4 is 5.32 Å². The van der Waals surface area contributed by atoms with Gasteiger partial charge >= 0.3 is 17.9 Å². The van der Waals surface area contributed by atoms with Crippen molar-refractivity contribution in [1.82, 2.24) is 10.3 Å². The number of carboxylic acid groups (broad SMARTS) is 1. The first kappa shape index (κ1) is 17.9. The topological polar surface area (TPSA) is 132 Å². The van der Waals surface area contributed by atoms with Crippen LogP contribution in [0.15, 0.2) is 48.7 Å². The first-order chi connectivity index (χ1) is 12.0. The highest BCUT2D eigenvalue weighted by molar-refractivity contribution is 5.80. The van der Waals surface area contributed by atoms with E-state index in [-0.39, 0.29) is 13.0 Å². The number of alkyl carbamates (subject to hydrolysis) is 1. The number of carbonyl (C=O) groups is 2. The first-order valence-corrected chi connectivity index (χ1v) is 7.25. The Labute approximate surface area is 142 Å². The van der Waals surface area contributed by atoms with Gasteiger partial charge in [0, 0.05) is 12.5 Å². The Hall–Kier alpha value is -3.49. The van der Waals surface area contributed by atoms with Gasteiger partial charge in [0.2, 0.25) is 0 Å². The van der Waals surface area contributed by atoms with Crippen molar-refractivity contribution in [2.75, 3.05) is 0 Å². The Morgan fingerprint density at radius 3 is 2.60 bits per heavy atom. The summed E-state index contributed by atoms with van der Waals surface area (Å²) in [7, 11) is 0. The second-order valence-electron chi connectivity index (χ2n) is 5.08. The SMILES string of the molecule is O=C(NC(Cc1ccnc([N+](=O)[O-])c1)C(=O)O)OCc1ccccc1. The molecule has 1 heterocycles. The fraction of sp³-hybridized carbons (Fsp3) is 0.188. The van der Waals surface area contributed by atoms with E-state index in [0.29, 0.717) is 5.56 Å². The molecule has 1 aromatic carbocycles. The zero-order chi connectivity index (χ0) is 18.2. The first-order valence-electron chi connectivity index (χ1n) is 7.25. The molecule has 0 aliphatic rings. The third kappa shape index (κ3) is 5.57. The van der Waals surface area contributed by atoms with Crippen LogP contribution in [0.4, 0.5) is 10.6 Å². The van der Waals surface area contributed by atoms with Crippen LogP contribution in [-0.4, -0.2) is 33.1 Å². The van der Waals surface area contributed by atoms with Crippen LogP contribution in [0.3, 0.4) is 0 Å². The average Bonchev–Trinajstić information content (AvgIpc) is 2.60. The molecule has 2 N–H and O–H groups in total. The molecule has 0 saturated carbocycles. The van der Waals surface area contributed by atoms with Crippen molar-refractivity contribution in [2.24, 2.45) is 0 Å². The highest BCUT2D eigenvalue weighted by atomic mass is 16.6. The van der Waals surface area contributed by atoms with Crippen LogP contribution in [0, 0.1) is 10.1 Å². The summed E-state index contributed by atoms with van der Waals surface area (Å²) < 4.78 is 4.97. The van der Waals surface area contributed by atoms with Gasteiger partial charge < -0.3 is 25.3 Å². The number of nitrogens with zero attached hydrogens (tertiary/aromatic N) is 2. The molecule has 0 aliphatic heterocycles. The molecular weight excluding hydrogens is 330 g/mol. The number of rotatable bonds is 7. The molecule has 1 aromatic heterocycles. The predicted octanol–water partition coefficient (Wildman–Crippen LogP) is 1.91. The van der Waals surface area contributed by atoms with E-state index in [2.05, 4.69) is 10.3 Å². The number of hydrogen-bond acceptors (Lipinski definition) is 6. The minimum Gasteiger partial charge on any atom is -0.480 e. The normalized spacial score (nSPS) is 11.4. The van der Waals surface area contributed by atoms with Gasteiger partial charge in [-0.05, 0) is 27.1 Å². The molecule has 2 rings (SSSR count). The summed E-state index contributed by atoms with van der Waals surface area (Å²) in [4.78, 5) is 36.7. The van der Waals surface area contributed by atoms with Crippen LogP contribution >= 0.6 is 0 Å². The molecule has 0 spiro atoms. The van der Waals surface area contributed by atoms with E-state index in [0.717, 1.165) is 11.6 Å². The Bertz CT molecular complexity index is 765. The Kier molecular flexibility index (Phi) is 5.99. The molecule has 1 unspecified atom stereocenters. The summed E-state index contributed by atoms with van der Waals surface area (Å²) in [5.41, 5.74) is 1.12. The van der Waals surface area contributed by atoms with E-state index in [4.69, 9.17) is 4.74 Å². The maximum atomic E-state index is 11.8. The molecule has 0 fully saturated rings. The lowest BCUT2D eigenvalue weighted by molar-refractivity contribution is -0.389. The van der Waals surface area contributed by atoms with Gasteiger partial charge in [0.05, 0.1) is 0 Å². The number of amides is 1. The van der Waals surface area contributed by atoms with Gasteiger partial charge in [-0.15, -0.1) is 0 Å². The number of aromatic nitrogens is 1. The van der Waals surface area contributed by atoms with Crippen molar-refractivity contribution in [2.45, 2.75) is 19.1 Å². The molecule has 25 heavy (non-hydrogen) atoms. The molecule has 9 nitrogen and oxygen atoms in total. The van der Waals surface area contributed by atoms with Crippen molar-refractivity contribution in [1.29, 1.82) is 0 Å². The maximum absolute atomic E-state index is 11.8. The minimum absolute atomic E-state index is 0.000257. The van der Waals surface area contributed by atoms with E-state index < -0.39 is 28.8 Å². The van der Waals surface area contributed by atoms with Crippen molar-refractivity contribution >= 4 is 17.9 Å². The lowest BCUT2D eigenvalue weighted by Gasteiger charge is -2.14. The van der Waals surface area contributed by atoms with Gasteiger partial charge in [0.15, 0.2) is 0 Å². The molecular formula is C16H15N3O6. The second kappa shape index (κ2) is 8.39. The molecule has 0 bridgehead atoms. The smallest absolute Gasteiger partial charge is 0.408 e. The quantitative estimate of drug-likeness (QED) is 0.578. The van der Waals surface area contributed by atoms with Gasteiger partial charge in [-0.25, -0.2) is 9.59 Å². The number of carbonyl (C=O) groups excluding carboxylic acids is 1. The monoisotopic (exact) mass is 345 g/mol. The van der Waals surface area contributed by atoms with E-state index in [9.17, 15) is 24.8 Å². The lowest BCUT2D eigenvalue weighted by atomic mass is 10.1. The Morgan fingerprint density at radius 2 is 1.96 bits per heavy atom. The van der Waals surface area contributed by atoms with Gasteiger partial charge in [-0.2, -0.15) is 0 Å². The van der Waals surface area contributed by atoms with E-state index in [1.807, 2.05) is 6.07 Å². The largest absolute Gasteiger partial charge is 0.480 e. The standard InChI is InChI=1S/C16H15N3O6/c20-15(21)13(8-12-6-7-17-14(9-12)19(23)24)18-16(22)25-10-11-4-2-1-3-5-11/h1-7,9,13H,8,10H2,(H,18,22)(H,20,21). The van der Waals surface area contributed by atoms with E-state index >= 15 is 0 Å². The summed E-state index contributed by atoms with van der Waals surface area (Å²) in [5, 5.41) is 22.2. The van der Waals surface area contributed by atoms with Crippen molar-refractivity contribution in [3.05, 3.63) is 69.9 Å². The van der Waals surface area contributed by atoms with E-state index in [1.165, 1.54) is 12.3 Å². The van der Waals surface area contributed by atoms with Crippen molar-refractivity contribution < 1.29 is 24.4 Å². The molecule has 2 aromatic rings. The Morgan fingerprint density at radius 1 is 1.24 bits per heavy atom. The van der Waals surface area contributed by atoms with Gasteiger partial charge in [0.25, 0.3) is 0 Å². The number of nitrogens with one attached hydrogen (secondary N) is 1. The third-order valence-electron chi connectivity index (χ3n) is 3.24. The lowest BCUT2D eigenvalue weighted by Crippen LogP contribution is -2.42. The summed E-state index contributed by atoms with van der Waals surface area (Å²) in [6.07, 6.45) is 0.180. The predicted molar refractivity (Wildman–Crippen MR) is 85.8 cm³/mol. The number of benzene rings is 1. The fourth-order valence-corrected chi connectivity index (χ4v) is 2.03. The second-order valence-corrected chi connectivity index (χ2v) is 5.08. The molecule has 0 aliphatic carbocycles. The van der Waals surface area contributed by atoms with Gasteiger partial charge in [-0.1, -0.05) is 30.3 Å². The number of nitro groups is 1. The van der Waals surface area contributed by atoms with E-state index in [1.54, 1.807) is 24.3 Å².